The van der Waals surface area contributed by atoms with Gasteiger partial charge in [0.2, 0.25) is 0 Å². The Morgan fingerprint density at radius 3 is 2.24 bits per heavy atom. The predicted molar refractivity (Wildman–Crippen MR) is 159 cm³/mol. The zero-order valence-electron chi connectivity index (χ0n) is 23.2. The standard InChI is InChI=1S/C18H16N2O3.C10H10N4O2.C2H6/c1-23-13-8-6-12(7-9-13)20-18(22)15-10-11-4-2-3-5-14(11)16(19)17(15)21;1-16-10(15)7-6-13-14(9(7)11)8-4-2-3-5-12-8;1-2/h2-10,21H,19H2,1H3,(H,20,22);2-6H,11H2,1H3;1-2H3. The summed E-state index contributed by atoms with van der Waals surface area (Å²) in [5, 5.41) is 18.4. The number of nitrogen functional groups attached to an aromatic ring is 2. The zero-order valence-corrected chi connectivity index (χ0v) is 23.2. The summed E-state index contributed by atoms with van der Waals surface area (Å²) in [7, 11) is 2.86. The van der Waals surface area contributed by atoms with Crippen molar-refractivity contribution in [2.24, 2.45) is 0 Å². The summed E-state index contributed by atoms with van der Waals surface area (Å²) >= 11 is 0. The molecular formula is C30H32N6O5. The highest BCUT2D eigenvalue weighted by Gasteiger charge is 2.17. The first kappa shape index (κ1) is 30.0. The van der Waals surface area contributed by atoms with Crippen LogP contribution in [-0.4, -0.2) is 46.0 Å². The Labute approximate surface area is 237 Å². The zero-order chi connectivity index (χ0) is 29.9. The molecule has 0 aliphatic rings. The molecule has 0 atom stereocenters. The number of anilines is 3. The third kappa shape index (κ3) is 6.90. The Bertz CT molecular complexity index is 1620. The van der Waals surface area contributed by atoms with Gasteiger partial charge in [-0.25, -0.2) is 9.78 Å². The van der Waals surface area contributed by atoms with Crippen LogP contribution in [0.5, 0.6) is 11.5 Å². The quantitative estimate of drug-likeness (QED) is 0.131. The van der Waals surface area contributed by atoms with Gasteiger partial charge in [0.1, 0.15) is 17.1 Å². The number of carbonyl (C=O) groups excluding carboxylic acids is 2. The summed E-state index contributed by atoms with van der Waals surface area (Å²) in [5.41, 5.74) is 12.9. The molecule has 5 aromatic rings. The van der Waals surface area contributed by atoms with Crippen LogP contribution in [0, 0.1) is 0 Å². The van der Waals surface area contributed by atoms with E-state index in [1.165, 1.54) is 18.0 Å². The van der Waals surface area contributed by atoms with E-state index < -0.39 is 11.9 Å². The van der Waals surface area contributed by atoms with Crippen LogP contribution in [0.25, 0.3) is 16.6 Å². The van der Waals surface area contributed by atoms with Crippen LogP contribution < -0.4 is 21.5 Å². The molecule has 5 rings (SSSR count). The summed E-state index contributed by atoms with van der Waals surface area (Å²) in [6, 6.07) is 21.2. The van der Waals surface area contributed by atoms with E-state index in [-0.39, 0.29) is 28.4 Å². The summed E-state index contributed by atoms with van der Waals surface area (Å²) in [6.07, 6.45) is 2.98. The van der Waals surface area contributed by atoms with E-state index in [1.54, 1.807) is 67.9 Å². The number of nitrogens with zero attached hydrogens (tertiary/aromatic N) is 3. The SMILES string of the molecule is CC.COC(=O)c1cnn(-c2ccccn2)c1N.COc1ccc(NC(=O)c2cc3ccccc3c(N)c2O)cc1. The third-order valence-electron chi connectivity index (χ3n) is 5.73. The summed E-state index contributed by atoms with van der Waals surface area (Å²) in [5.74, 6) is 0.306. The van der Waals surface area contributed by atoms with Crippen molar-refractivity contribution in [3.8, 4) is 17.3 Å². The maximum absolute atomic E-state index is 12.4. The molecule has 0 fully saturated rings. The molecule has 0 saturated carbocycles. The van der Waals surface area contributed by atoms with Gasteiger partial charge < -0.3 is 31.4 Å². The van der Waals surface area contributed by atoms with Gasteiger partial charge in [0.25, 0.3) is 5.91 Å². The number of aromatic hydroxyl groups is 1. The molecule has 212 valence electrons. The first-order chi connectivity index (χ1) is 19.8. The Morgan fingerprint density at radius 2 is 1.61 bits per heavy atom. The first-order valence-electron chi connectivity index (χ1n) is 12.6. The Balaban J connectivity index is 0.000000225. The highest BCUT2D eigenvalue weighted by Crippen LogP contribution is 2.34. The van der Waals surface area contributed by atoms with Gasteiger partial charge in [0.15, 0.2) is 11.6 Å². The number of nitrogens with two attached hydrogens (primary N) is 2. The molecule has 0 aliphatic carbocycles. The fraction of sp³-hybridized carbons (Fsp3) is 0.133. The minimum atomic E-state index is -0.514. The average molecular weight is 557 g/mol. The molecule has 6 N–H and O–H groups in total. The molecule has 2 heterocycles. The molecule has 3 aromatic carbocycles. The minimum absolute atomic E-state index is 0.136. The maximum Gasteiger partial charge on any atom is 0.343 e. The second-order valence-corrected chi connectivity index (χ2v) is 8.12. The van der Waals surface area contributed by atoms with Crippen molar-refractivity contribution in [1.82, 2.24) is 14.8 Å². The van der Waals surface area contributed by atoms with Gasteiger partial charge in [-0.3, -0.25) is 4.79 Å². The fourth-order valence-electron chi connectivity index (χ4n) is 3.70. The number of phenolic OH excluding ortho intramolecular Hbond substituents is 1. The number of nitrogens with one attached hydrogen (secondary N) is 1. The topological polar surface area (TPSA) is 168 Å². The van der Waals surface area contributed by atoms with E-state index in [2.05, 4.69) is 20.1 Å². The molecule has 2 aromatic heterocycles. The lowest BCUT2D eigenvalue weighted by molar-refractivity contribution is 0.0601. The molecule has 0 radical (unpaired) electrons. The van der Waals surface area contributed by atoms with E-state index in [9.17, 15) is 14.7 Å². The number of carbonyl (C=O) groups is 2. The van der Waals surface area contributed by atoms with Crippen molar-refractivity contribution < 1.29 is 24.2 Å². The van der Waals surface area contributed by atoms with Crippen LogP contribution in [0.1, 0.15) is 34.6 Å². The third-order valence-corrected chi connectivity index (χ3v) is 5.73. The monoisotopic (exact) mass is 556 g/mol. The summed E-state index contributed by atoms with van der Waals surface area (Å²) in [4.78, 5) is 27.8. The number of phenols is 1. The number of hydrogen-bond acceptors (Lipinski definition) is 9. The highest BCUT2D eigenvalue weighted by atomic mass is 16.5. The first-order valence-corrected chi connectivity index (χ1v) is 12.6. The van der Waals surface area contributed by atoms with Gasteiger partial charge in [-0.2, -0.15) is 9.78 Å². The lowest BCUT2D eigenvalue weighted by atomic mass is 10.0. The number of methoxy groups -OCH3 is 2. The van der Waals surface area contributed by atoms with Crippen molar-refractivity contribution in [2.45, 2.75) is 13.8 Å². The number of pyridine rings is 1. The van der Waals surface area contributed by atoms with Crippen molar-refractivity contribution >= 4 is 39.8 Å². The molecular weight excluding hydrogens is 524 g/mol. The van der Waals surface area contributed by atoms with E-state index in [4.69, 9.17) is 16.2 Å². The highest BCUT2D eigenvalue weighted by molar-refractivity contribution is 6.11. The Hall–Kier alpha value is -5.58. The lowest BCUT2D eigenvalue weighted by Crippen LogP contribution is -2.12. The molecule has 0 spiro atoms. The number of amides is 1. The van der Waals surface area contributed by atoms with Crippen LogP contribution in [0.15, 0.2) is 85.2 Å². The normalized spacial score (nSPS) is 9.95. The molecule has 0 saturated heterocycles. The van der Waals surface area contributed by atoms with Crippen LogP contribution in [-0.2, 0) is 4.74 Å². The lowest BCUT2D eigenvalue weighted by Gasteiger charge is -2.11. The smallest absolute Gasteiger partial charge is 0.343 e. The number of hydrogen-bond donors (Lipinski definition) is 4. The average Bonchev–Trinajstić information content (AvgIpc) is 3.41. The summed E-state index contributed by atoms with van der Waals surface area (Å²) in [6.45, 7) is 4.00. The van der Waals surface area contributed by atoms with Crippen LogP contribution in [0.3, 0.4) is 0 Å². The second-order valence-electron chi connectivity index (χ2n) is 8.12. The molecule has 41 heavy (non-hydrogen) atoms. The van der Waals surface area contributed by atoms with E-state index in [0.29, 0.717) is 22.6 Å². The van der Waals surface area contributed by atoms with Gasteiger partial charge in [0.05, 0.1) is 31.7 Å². The molecule has 11 nitrogen and oxygen atoms in total. The van der Waals surface area contributed by atoms with Gasteiger partial charge in [-0.05, 0) is 47.9 Å². The molecule has 0 bridgehead atoms. The van der Waals surface area contributed by atoms with E-state index >= 15 is 0 Å². The fourth-order valence-corrected chi connectivity index (χ4v) is 3.70. The van der Waals surface area contributed by atoms with Gasteiger partial charge in [-0.15, -0.1) is 0 Å². The van der Waals surface area contributed by atoms with Crippen LogP contribution >= 0.6 is 0 Å². The van der Waals surface area contributed by atoms with Gasteiger partial charge >= 0.3 is 5.97 Å². The number of rotatable bonds is 5. The van der Waals surface area contributed by atoms with E-state index in [0.717, 1.165) is 5.39 Å². The van der Waals surface area contributed by atoms with Crippen molar-refractivity contribution in [1.29, 1.82) is 0 Å². The van der Waals surface area contributed by atoms with Gasteiger partial charge in [0, 0.05) is 17.3 Å². The molecule has 0 unspecified atom stereocenters. The minimum Gasteiger partial charge on any atom is -0.505 e. The largest absolute Gasteiger partial charge is 0.505 e. The van der Waals surface area contributed by atoms with Crippen molar-refractivity contribution in [3.05, 3.63) is 96.3 Å². The van der Waals surface area contributed by atoms with Crippen molar-refractivity contribution in [3.63, 3.8) is 0 Å². The molecule has 1 amide bonds. The predicted octanol–water partition coefficient (Wildman–Crippen LogP) is 5.05. The Kier molecular flexibility index (Phi) is 10.2. The maximum atomic E-state index is 12.4. The molecule has 11 heteroatoms. The van der Waals surface area contributed by atoms with Gasteiger partial charge in [-0.1, -0.05) is 44.2 Å². The second kappa shape index (κ2) is 14.0. The number of esters is 1. The van der Waals surface area contributed by atoms with Crippen molar-refractivity contribution in [2.75, 3.05) is 31.0 Å². The number of fused-ring (bicyclic) bond motifs is 1. The van der Waals surface area contributed by atoms with Crippen LogP contribution in [0.2, 0.25) is 0 Å². The number of benzene rings is 3. The summed E-state index contributed by atoms with van der Waals surface area (Å²) < 4.78 is 11.0. The van der Waals surface area contributed by atoms with E-state index in [1.807, 2.05) is 32.0 Å². The molecule has 0 aliphatic heterocycles. The number of aromatic nitrogens is 3. The van der Waals surface area contributed by atoms with Crippen LogP contribution in [0.4, 0.5) is 17.2 Å². The Morgan fingerprint density at radius 1 is 0.927 bits per heavy atom. The number of ether oxygens (including phenoxy) is 2.